The number of benzene rings is 2. The number of carbonyl (C=O) groups is 1. The van der Waals surface area contributed by atoms with E-state index in [0.717, 1.165) is 0 Å². The molecular formula is C19H17FN4O4. The maximum Gasteiger partial charge on any atom is 0.404 e. The van der Waals surface area contributed by atoms with E-state index in [4.69, 9.17) is 19.8 Å². The molecule has 0 radical (unpaired) electrons. The quantitative estimate of drug-likeness (QED) is 0.669. The highest BCUT2D eigenvalue weighted by molar-refractivity contribution is 5.65. The minimum absolute atomic E-state index is 0.0215. The van der Waals surface area contributed by atoms with Gasteiger partial charge < -0.3 is 25.2 Å². The van der Waals surface area contributed by atoms with Crippen molar-refractivity contribution < 1.29 is 23.8 Å². The van der Waals surface area contributed by atoms with Gasteiger partial charge in [0.05, 0.1) is 31.9 Å². The normalized spacial score (nSPS) is 10.9. The van der Waals surface area contributed by atoms with Crippen LogP contribution in [0.5, 0.6) is 11.5 Å². The molecule has 144 valence electrons. The van der Waals surface area contributed by atoms with Gasteiger partial charge in [0.15, 0.2) is 11.6 Å². The Labute approximate surface area is 160 Å². The molecule has 0 aliphatic carbocycles. The third-order valence-electron chi connectivity index (χ3n) is 3.90. The highest BCUT2D eigenvalue weighted by Gasteiger charge is 2.21. The van der Waals surface area contributed by atoms with Crippen LogP contribution in [0.4, 0.5) is 14.9 Å². The summed E-state index contributed by atoms with van der Waals surface area (Å²) in [6.45, 7) is -0.0910. The molecular weight excluding hydrogens is 367 g/mol. The monoisotopic (exact) mass is 384 g/mol. The molecule has 8 nitrogen and oxygen atoms in total. The average molecular weight is 384 g/mol. The second-order valence-corrected chi connectivity index (χ2v) is 5.58. The molecule has 2 aromatic carbocycles. The lowest BCUT2D eigenvalue weighted by Crippen LogP contribution is -2.20. The van der Waals surface area contributed by atoms with Gasteiger partial charge in [-0.05, 0) is 29.8 Å². The lowest BCUT2D eigenvalue weighted by molar-refractivity contribution is 0.194. The van der Waals surface area contributed by atoms with Gasteiger partial charge in [-0.25, -0.2) is 9.18 Å². The zero-order chi connectivity index (χ0) is 20.7. The van der Waals surface area contributed by atoms with Crippen LogP contribution in [0.3, 0.4) is 0 Å². The van der Waals surface area contributed by atoms with Crippen molar-refractivity contribution in [2.45, 2.75) is 12.6 Å². The summed E-state index contributed by atoms with van der Waals surface area (Å²) >= 11 is 0. The van der Waals surface area contributed by atoms with Crippen LogP contribution in [-0.2, 0) is 6.54 Å². The van der Waals surface area contributed by atoms with Crippen LogP contribution in [0.15, 0.2) is 30.3 Å². The molecule has 3 N–H and O–H groups in total. The number of anilines is 1. The van der Waals surface area contributed by atoms with Crippen LogP contribution < -0.4 is 20.1 Å². The fourth-order valence-electron chi connectivity index (χ4n) is 2.53. The maximum atomic E-state index is 14.6. The van der Waals surface area contributed by atoms with Gasteiger partial charge in [-0.3, -0.25) is 0 Å². The minimum Gasteiger partial charge on any atom is -0.497 e. The highest BCUT2D eigenvalue weighted by atomic mass is 19.1. The Morgan fingerprint density at radius 2 is 2.00 bits per heavy atom. The standard InChI is InChI=1S/C19H17FN4O4/c1-27-14-6-15(18(20)17(7-14)28-2)16(9-22)24-13-4-3-11(8-21)12(5-13)10-23-19(25)26/h3-7,16,23-24H,10H2,1-2H3,(H,25,26). The van der Waals surface area contributed by atoms with Crippen LogP contribution in [-0.4, -0.2) is 25.4 Å². The van der Waals surface area contributed by atoms with E-state index in [1.54, 1.807) is 6.07 Å². The van der Waals surface area contributed by atoms with Gasteiger partial charge in [0.1, 0.15) is 11.8 Å². The van der Waals surface area contributed by atoms with E-state index >= 15 is 0 Å². The number of nitrogens with one attached hydrogen (secondary N) is 2. The Balaban J connectivity index is 2.38. The number of nitrogens with zero attached hydrogens (tertiary/aromatic N) is 2. The van der Waals surface area contributed by atoms with E-state index in [0.29, 0.717) is 17.0 Å². The molecule has 28 heavy (non-hydrogen) atoms. The molecule has 0 aliphatic rings. The Bertz CT molecular complexity index is 966. The molecule has 0 saturated heterocycles. The molecule has 0 fully saturated rings. The largest absolute Gasteiger partial charge is 0.497 e. The van der Waals surface area contributed by atoms with Crippen LogP contribution in [0.25, 0.3) is 0 Å². The summed E-state index contributed by atoms with van der Waals surface area (Å²) in [4.78, 5) is 10.7. The third-order valence-corrected chi connectivity index (χ3v) is 3.90. The van der Waals surface area contributed by atoms with Crippen LogP contribution in [0.1, 0.15) is 22.7 Å². The summed E-state index contributed by atoms with van der Waals surface area (Å²) in [5, 5.41) is 32.5. The number of hydrogen-bond donors (Lipinski definition) is 3. The fraction of sp³-hybridized carbons (Fsp3) is 0.211. The second kappa shape index (κ2) is 9.10. The Morgan fingerprint density at radius 3 is 2.57 bits per heavy atom. The summed E-state index contributed by atoms with van der Waals surface area (Å²) < 4.78 is 24.7. The Morgan fingerprint density at radius 1 is 1.25 bits per heavy atom. The summed E-state index contributed by atoms with van der Waals surface area (Å²) in [5.41, 5.74) is 1.12. The van der Waals surface area contributed by atoms with Crippen LogP contribution in [0, 0.1) is 28.5 Å². The first-order chi connectivity index (χ1) is 13.4. The lowest BCUT2D eigenvalue weighted by Gasteiger charge is -2.17. The molecule has 0 saturated carbocycles. The van der Waals surface area contributed by atoms with Gasteiger partial charge in [-0.2, -0.15) is 10.5 Å². The average Bonchev–Trinajstić information content (AvgIpc) is 2.70. The number of hydrogen-bond acceptors (Lipinski definition) is 6. The van der Waals surface area contributed by atoms with Crippen molar-refractivity contribution in [2.75, 3.05) is 19.5 Å². The van der Waals surface area contributed by atoms with Crippen molar-refractivity contribution in [3.05, 3.63) is 52.8 Å². The van der Waals surface area contributed by atoms with E-state index in [1.165, 1.54) is 38.5 Å². The van der Waals surface area contributed by atoms with Crippen molar-refractivity contribution in [2.24, 2.45) is 0 Å². The molecule has 1 amide bonds. The maximum absolute atomic E-state index is 14.6. The SMILES string of the molecule is COc1cc(OC)c(F)c(C(C#N)Nc2ccc(C#N)c(CNC(=O)O)c2)c1. The second-order valence-electron chi connectivity index (χ2n) is 5.58. The molecule has 0 bridgehead atoms. The van der Waals surface area contributed by atoms with Gasteiger partial charge >= 0.3 is 6.09 Å². The Hall–Kier alpha value is -3.98. The first-order valence-corrected chi connectivity index (χ1v) is 8.00. The number of amides is 1. The molecule has 1 unspecified atom stereocenters. The van der Waals surface area contributed by atoms with Crippen molar-refractivity contribution in [3.8, 4) is 23.6 Å². The molecule has 2 aromatic rings. The third kappa shape index (κ3) is 4.59. The number of nitriles is 2. The summed E-state index contributed by atoms with van der Waals surface area (Å²) in [5.74, 6) is -0.451. The van der Waals surface area contributed by atoms with Gasteiger partial charge in [-0.15, -0.1) is 0 Å². The zero-order valence-electron chi connectivity index (χ0n) is 15.1. The number of halogens is 1. The molecule has 1 atom stereocenters. The molecule has 2 rings (SSSR count). The van der Waals surface area contributed by atoms with Crippen molar-refractivity contribution in [3.63, 3.8) is 0 Å². The number of carboxylic acid groups (broad SMARTS) is 1. The summed E-state index contributed by atoms with van der Waals surface area (Å²) in [6, 6.07) is 10.2. The predicted molar refractivity (Wildman–Crippen MR) is 97.5 cm³/mol. The summed E-state index contributed by atoms with van der Waals surface area (Å²) in [7, 11) is 2.71. The molecule has 0 aromatic heterocycles. The molecule has 0 aliphatic heterocycles. The first-order valence-electron chi connectivity index (χ1n) is 8.00. The van der Waals surface area contributed by atoms with Crippen molar-refractivity contribution in [1.82, 2.24) is 5.32 Å². The number of ether oxygens (including phenoxy) is 2. The minimum atomic E-state index is -1.23. The first kappa shape index (κ1) is 20.3. The van der Waals surface area contributed by atoms with Crippen molar-refractivity contribution >= 4 is 11.8 Å². The van der Waals surface area contributed by atoms with Crippen molar-refractivity contribution in [1.29, 1.82) is 10.5 Å². The van der Waals surface area contributed by atoms with E-state index in [9.17, 15) is 14.4 Å². The van der Waals surface area contributed by atoms with E-state index in [1.807, 2.05) is 12.1 Å². The lowest BCUT2D eigenvalue weighted by atomic mass is 10.0. The fourth-order valence-corrected chi connectivity index (χ4v) is 2.53. The summed E-state index contributed by atoms with van der Waals surface area (Å²) in [6.07, 6.45) is -1.23. The van der Waals surface area contributed by atoms with Gasteiger partial charge in [0.2, 0.25) is 0 Å². The number of rotatable bonds is 7. The molecule has 0 heterocycles. The van der Waals surface area contributed by atoms with E-state index in [-0.39, 0.29) is 23.4 Å². The molecule has 0 spiro atoms. The van der Waals surface area contributed by atoms with E-state index < -0.39 is 18.0 Å². The topological polar surface area (TPSA) is 127 Å². The predicted octanol–water partition coefficient (Wildman–Crippen LogP) is 3.16. The number of methoxy groups -OCH3 is 2. The highest BCUT2D eigenvalue weighted by Crippen LogP contribution is 2.32. The Kier molecular flexibility index (Phi) is 6.61. The van der Waals surface area contributed by atoms with Crippen LogP contribution >= 0.6 is 0 Å². The van der Waals surface area contributed by atoms with Gasteiger partial charge in [0.25, 0.3) is 0 Å². The smallest absolute Gasteiger partial charge is 0.404 e. The van der Waals surface area contributed by atoms with Gasteiger partial charge in [-0.1, -0.05) is 0 Å². The zero-order valence-corrected chi connectivity index (χ0v) is 15.1. The van der Waals surface area contributed by atoms with Gasteiger partial charge in [0, 0.05) is 23.9 Å². The van der Waals surface area contributed by atoms with Crippen LogP contribution in [0.2, 0.25) is 0 Å². The molecule has 9 heteroatoms. The van der Waals surface area contributed by atoms with E-state index in [2.05, 4.69) is 10.6 Å².